The van der Waals surface area contributed by atoms with E-state index in [4.69, 9.17) is 0 Å². The molecular weight excluding hydrogens is 268 g/mol. The second-order valence-electron chi connectivity index (χ2n) is 6.18. The van der Waals surface area contributed by atoms with Crippen molar-refractivity contribution in [1.82, 2.24) is 10.2 Å². The number of phenolic OH excluding ortho intramolecular Hbond substituents is 1. The fourth-order valence-electron chi connectivity index (χ4n) is 3.29. The molecule has 0 aromatic heterocycles. The van der Waals surface area contributed by atoms with Crippen LogP contribution >= 0.6 is 0 Å². The summed E-state index contributed by atoms with van der Waals surface area (Å²) in [4.78, 5) is 25.6. The molecule has 2 N–H and O–H groups in total. The van der Waals surface area contributed by atoms with Gasteiger partial charge in [0.1, 0.15) is 5.75 Å². The summed E-state index contributed by atoms with van der Waals surface area (Å²) in [5.41, 5.74) is 0.900. The molecule has 2 heterocycles. The smallest absolute Gasteiger partial charge is 0.226 e. The van der Waals surface area contributed by atoms with Gasteiger partial charge in [0.25, 0.3) is 0 Å². The van der Waals surface area contributed by atoms with Crippen LogP contribution in [0.25, 0.3) is 0 Å². The SMILES string of the molecule is O=C1CC2(CCN(C(=O)Cc3cccc(O)c3)CC2)CN1. The number of carbonyl (C=O) groups excluding carboxylic acids is 2. The molecular formula is C16H20N2O3. The van der Waals surface area contributed by atoms with E-state index in [1.54, 1.807) is 18.2 Å². The molecule has 0 aliphatic carbocycles. The van der Waals surface area contributed by atoms with Crippen molar-refractivity contribution in [2.75, 3.05) is 19.6 Å². The molecule has 2 fully saturated rings. The largest absolute Gasteiger partial charge is 0.508 e. The zero-order valence-corrected chi connectivity index (χ0v) is 12.0. The van der Waals surface area contributed by atoms with Gasteiger partial charge in [-0.15, -0.1) is 0 Å². The maximum Gasteiger partial charge on any atom is 0.226 e. The third-order valence-corrected chi connectivity index (χ3v) is 4.64. The van der Waals surface area contributed by atoms with Crippen LogP contribution in [-0.4, -0.2) is 41.5 Å². The van der Waals surface area contributed by atoms with Crippen LogP contribution in [0.3, 0.4) is 0 Å². The van der Waals surface area contributed by atoms with Crippen LogP contribution in [0, 0.1) is 5.41 Å². The minimum absolute atomic E-state index is 0.0683. The van der Waals surface area contributed by atoms with Gasteiger partial charge in [-0.05, 0) is 36.0 Å². The van der Waals surface area contributed by atoms with E-state index in [9.17, 15) is 14.7 Å². The van der Waals surface area contributed by atoms with Crippen LogP contribution in [0.1, 0.15) is 24.8 Å². The molecule has 2 saturated heterocycles. The Morgan fingerprint density at radius 1 is 1.33 bits per heavy atom. The van der Waals surface area contributed by atoms with Crippen molar-refractivity contribution in [3.63, 3.8) is 0 Å². The molecule has 5 nitrogen and oxygen atoms in total. The van der Waals surface area contributed by atoms with Crippen LogP contribution in [-0.2, 0) is 16.0 Å². The fourth-order valence-corrected chi connectivity index (χ4v) is 3.29. The van der Waals surface area contributed by atoms with Crippen LogP contribution in [0.2, 0.25) is 0 Å². The zero-order chi connectivity index (χ0) is 14.9. The Labute approximate surface area is 123 Å². The number of carbonyl (C=O) groups is 2. The van der Waals surface area contributed by atoms with E-state index in [1.165, 1.54) is 0 Å². The van der Waals surface area contributed by atoms with Crippen molar-refractivity contribution in [3.8, 4) is 5.75 Å². The summed E-state index contributed by atoms with van der Waals surface area (Å²) in [5, 5.41) is 12.3. The lowest BCUT2D eigenvalue weighted by Crippen LogP contribution is -2.44. The van der Waals surface area contributed by atoms with Gasteiger partial charge in [0.15, 0.2) is 0 Å². The number of amides is 2. The quantitative estimate of drug-likeness (QED) is 0.855. The molecule has 3 rings (SSSR count). The molecule has 1 aromatic carbocycles. The highest BCUT2D eigenvalue weighted by Crippen LogP contribution is 2.37. The van der Waals surface area contributed by atoms with Gasteiger partial charge in [-0.3, -0.25) is 9.59 Å². The number of phenols is 1. The van der Waals surface area contributed by atoms with Crippen LogP contribution < -0.4 is 5.32 Å². The first-order valence-corrected chi connectivity index (χ1v) is 7.39. The first-order chi connectivity index (χ1) is 10.1. The molecule has 5 heteroatoms. The highest BCUT2D eigenvalue weighted by molar-refractivity contribution is 5.80. The second kappa shape index (κ2) is 5.39. The van der Waals surface area contributed by atoms with Crippen molar-refractivity contribution >= 4 is 11.8 Å². The molecule has 0 unspecified atom stereocenters. The number of likely N-dealkylation sites (tertiary alicyclic amines) is 1. The number of hydrogen-bond acceptors (Lipinski definition) is 3. The van der Waals surface area contributed by atoms with Gasteiger partial charge in [-0.25, -0.2) is 0 Å². The highest BCUT2D eigenvalue weighted by atomic mass is 16.3. The summed E-state index contributed by atoms with van der Waals surface area (Å²) in [7, 11) is 0. The summed E-state index contributed by atoms with van der Waals surface area (Å²) in [6.45, 7) is 2.18. The Morgan fingerprint density at radius 3 is 2.71 bits per heavy atom. The Bertz CT molecular complexity index is 562. The summed E-state index contributed by atoms with van der Waals surface area (Å²) < 4.78 is 0. The number of nitrogens with one attached hydrogen (secondary N) is 1. The van der Waals surface area contributed by atoms with Gasteiger partial charge < -0.3 is 15.3 Å². The predicted molar refractivity (Wildman–Crippen MR) is 77.7 cm³/mol. The van der Waals surface area contributed by atoms with Gasteiger partial charge in [-0.2, -0.15) is 0 Å². The molecule has 0 saturated carbocycles. The Morgan fingerprint density at radius 2 is 2.10 bits per heavy atom. The van der Waals surface area contributed by atoms with E-state index in [-0.39, 0.29) is 23.0 Å². The van der Waals surface area contributed by atoms with Crippen LogP contribution in [0.5, 0.6) is 5.75 Å². The van der Waals surface area contributed by atoms with Gasteiger partial charge in [0, 0.05) is 26.1 Å². The molecule has 112 valence electrons. The van der Waals surface area contributed by atoms with Crippen molar-refractivity contribution in [1.29, 1.82) is 0 Å². The Balaban J connectivity index is 1.57. The number of rotatable bonds is 2. The topological polar surface area (TPSA) is 69.6 Å². The van der Waals surface area contributed by atoms with E-state index >= 15 is 0 Å². The Kier molecular flexibility index (Phi) is 3.57. The van der Waals surface area contributed by atoms with Crippen molar-refractivity contribution in [2.45, 2.75) is 25.7 Å². The molecule has 0 atom stereocenters. The molecule has 2 aliphatic rings. The van der Waals surface area contributed by atoms with Gasteiger partial charge >= 0.3 is 0 Å². The minimum atomic E-state index is 0.0683. The number of aromatic hydroxyl groups is 1. The van der Waals surface area contributed by atoms with Crippen molar-refractivity contribution < 1.29 is 14.7 Å². The van der Waals surface area contributed by atoms with Crippen LogP contribution in [0.4, 0.5) is 0 Å². The first-order valence-electron chi connectivity index (χ1n) is 7.39. The summed E-state index contributed by atoms with van der Waals surface area (Å²) in [6.07, 6.45) is 2.69. The van der Waals surface area contributed by atoms with E-state index < -0.39 is 0 Å². The minimum Gasteiger partial charge on any atom is -0.508 e. The lowest BCUT2D eigenvalue weighted by molar-refractivity contribution is -0.132. The van der Waals surface area contributed by atoms with E-state index in [0.29, 0.717) is 25.9 Å². The highest BCUT2D eigenvalue weighted by Gasteiger charge is 2.41. The molecule has 0 radical (unpaired) electrons. The normalized spacial score (nSPS) is 20.6. The predicted octanol–water partition coefficient (Wildman–Crippen LogP) is 1.06. The molecule has 1 aromatic rings. The summed E-state index contributed by atoms with van der Waals surface area (Å²) >= 11 is 0. The zero-order valence-electron chi connectivity index (χ0n) is 12.0. The van der Waals surface area contributed by atoms with E-state index in [2.05, 4.69) is 5.32 Å². The van der Waals surface area contributed by atoms with E-state index in [0.717, 1.165) is 24.9 Å². The molecule has 21 heavy (non-hydrogen) atoms. The number of benzene rings is 1. The summed E-state index contributed by atoms with van der Waals surface area (Å²) in [5.74, 6) is 0.413. The third kappa shape index (κ3) is 3.01. The number of hydrogen-bond donors (Lipinski definition) is 2. The summed E-state index contributed by atoms with van der Waals surface area (Å²) in [6, 6.07) is 6.83. The number of nitrogens with zero attached hydrogens (tertiary/aromatic N) is 1. The Hall–Kier alpha value is -2.04. The standard InChI is InChI=1S/C16H20N2O3/c19-13-3-1-2-12(8-13)9-15(21)18-6-4-16(5-7-18)10-14(20)17-11-16/h1-3,8,19H,4-7,9-11H2,(H,17,20). The van der Waals surface area contributed by atoms with Crippen LogP contribution in [0.15, 0.2) is 24.3 Å². The first kappa shape index (κ1) is 13.9. The van der Waals surface area contributed by atoms with Crippen molar-refractivity contribution in [3.05, 3.63) is 29.8 Å². The lowest BCUT2D eigenvalue weighted by Gasteiger charge is -2.38. The fraction of sp³-hybridized carbons (Fsp3) is 0.500. The van der Waals surface area contributed by atoms with Gasteiger partial charge in [-0.1, -0.05) is 12.1 Å². The maximum absolute atomic E-state index is 12.3. The average Bonchev–Trinajstić information content (AvgIpc) is 2.80. The molecule has 0 bridgehead atoms. The second-order valence-corrected chi connectivity index (χ2v) is 6.18. The van der Waals surface area contributed by atoms with E-state index in [1.807, 2.05) is 11.0 Å². The molecule has 2 amide bonds. The van der Waals surface area contributed by atoms with Crippen molar-refractivity contribution in [2.24, 2.45) is 5.41 Å². The third-order valence-electron chi connectivity index (χ3n) is 4.64. The molecule has 1 spiro atoms. The molecule has 2 aliphatic heterocycles. The average molecular weight is 288 g/mol. The van der Waals surface area contributed by atoms with Gasteiger partial charge in [0.05, 0.1) is 6.42 Å². The maximum atomic E-state index is 12.3. The van der Waals surface area contributed by atoms with Gasteiger partial charge in [0.2, 0.25) is 11.8 Å². The monoisotopic (exact) mass is 288 g/mol. The number of piperidine rings is 1. The lowest BCUT2D eigenvalue weighted by atomic mass is 9.77.